The van der Waals surface area contributed by atoms with E-state index in [4.69, 9.17) is 16.0 Å². The minimum Gasteiger partial charge on any atom is -0.461 e. The highest BCUT2D eigenvalue weighted by atomic mass is 35.5. The number of halogens is 1. The second-order valence-corrected chi connectivity index (χ2v) is 6.87. The predicted molar refractivity (Wildman–Crippen MR) is 101 cm³/mol. The van der Waals surface area contributed by atoms with Crippen molar-refractivity contribution in [2.75, 3.05) is 5.32 Å². The molecule has 0 radical (unpaired) electrons. The maximum atomic E-state index is 12.9. The lowest BCUT2D eigenvalue weighted by Crippen LogP contribution is -2.17. The van der Waals surface area contributed by atoms with Gasteiger partial charge >= 0.3 is 0 Å². The SMILES string of the molecule is O=C(c1cccc(Cl)c1)n1nc(-c2ccco2)nc1NCc1cccs1. The summed E-state index contributed by atoms with van der Waals surface area (Å²) in [6.45, 7) is 0.538. The Balaban J connectivity index is 1.69. The second-order valence-electron chi connectivity index (χ2n) is 5.40. The van der Waals surface area contributed by atoms with Crippen molar-refractivity contribution in [3.05, 3.63) is 75.6 Å². The standard InChI is InChI=1S/C18H13ClN4O2S/c19-13-5-1-4-12(10-13)17(24)23-18(20-11-14-6-3-9-26-14)21-16(22-23)15-7-2-8-25-15/h1-10H,11H2,(H,20,21,22). The lowest BCUT2D eigenvalue weighted by atomic mass is 10.2. The summed E-state index contributed by atoms with van der Waals surface area (Å²) in [6, 6.07) is 14.2. The van der Waals surface area contributed by atoms with E-state index in [1.165, 1.54) is 10.9 Å². The van der Waals surface area contributed by atoms with Crippen LogP contribution in [0.1, 0.15) is 15.2 Å². The fourth-order valence-electron chi connectivity index (χ4n) is 2.40. The first-order chi connectivity index (χ1) is 12.7. The Morgan fingerprint density at radius 2 is 2.15 bits per heavy atom. The molecule has 0 spiro atoms. The molecule has 0 saturated carbocycles. The highest BCUT2D eigenvalue weighted by Crippen LogP contribution is 2.21. The molecule has 0 aliphatic rings. The Bertz CT molecular complexity index is 1030. The summed E-state index contributed by atoms with van der Waals surface area (Å²) in [5, 5.41) is 9.96. The third-order valence-corrected chi connectivity index (χ3v) is 4.72. The van der Waals surface area contributed by atoms with Crippen LogP contribution in [0.3, 0.4) is 0 Å². The van der Waals surface area contributed by atoms with Gasteiger partial charge in [0.25, 0.3) is 5.91 Å². The Labute approximate surface area is 158 Å². The van der Waals surface area contributed by atoms with E-state index in [0.29, 0.717) is 34.7 Å². The number of carbonyl (C=O) groups is 1. The van der Waals surface area contributed by atoms with E-state index in [2.05, 4.69) is 15.4 Å². The summed E-state index contributed by atoms with van der Waals surface area (Å²) in [6.07, 6.45) is 1.54. The van der Waals surface area contributed by atoms with Gasteiger partial charge in [0.05, 0.1) is 12.8 Å². The minimum atomic E-state index is -0.327. The van der Waals surface area contributed by atoms with Crippen molar-refractivity contribution in [2.24, 2.45) is 0 Å². The molecule has 0 saturated heterocycles. The van der Waals surface area contributed by atoms with Crippen LogP contribution in [-0.2, 0) is 6.54 Å². The van der Waals surface area contributed by atoms with Gasteiger partial charge in [0.1, 0.15) is 0 Å². The summed E-state index contributed by atoms with van der Waals surface area (Å²) in [7, 11) is 0. The topological polar surface area (TPSA) is 73.0 Å². The number of anilines is 1. The molecule has 3 aromatic heterocycles. The normalized spacial score (nSPS) is 10.8. The summed E-state index contributed by atoms with van der Waals surface area (Å²) < 4.78 is 6.58. The number of nitrogens with zero attached hydrogens (tertiary/aromatic N) is 3. The van der Waals surface area contributed by atoms with Gasteiger partial charge in [-0.25, -0.2) is 0 Å². The van der Waals surface area contributed by atoms with Crippen LogP contribution in [0.25, 0.3) is 11.6 Å². The van der Waals surface area contributed by atoms with Crippen LogP contribution < -0.4 is 5.32 Å². The van der Waals surface area contributed by atoms with E-state index in [0.717, 1.165) is 4.88 Å². The Morgan fingerprint density at radius 1 is 1.23 bits per heavy atom. The van der Waals surface area contributed by atoms with Crippen molar-refractivity contribution in [1.82, 2.24) is 14.8 Å². The number of rotatable bonds is 5. The van der Waals surface area contributed by atoms with Gasteiger partial charge in [-0.15, -0.1) is 16.4 Å². The van der Waals surface area contributed by atoms with Gasteiger partial charge in [-0.1, -0.05) is 23.7 Å². The van der Waals surface area contributed by atoms with Crippen LogP contribution in [0.15, 0.2) is 64.6 Å². The summed E-state index contributed by atoms with van der Waals surface area (Å²) in [5.41, 5.74) is 0.424. The number of aromatic nitrogens is 3. The second kappa shape index (κ2) is 7.15. The zero-order valence-corrected chi connectivity index (χ0v) is 15.0. The van der Waals surface area contributed by atoms with Gasteiger partial charge in [0.15, 0.2) is 5.76 Å². The van der Waals surface area contributed by atoms with Crippen molar-refractivity contribution in [3.8, 4) is 11.6 Å². The predicted octanol–water partition coefficient (Wildman–Crippen LogP) is 4.55. The number of hydrogen-bond acceptors (Lipinski definition) is 6. The lowest BCUT2D eigenvalue weighted by molar-refractivity contribution is 0.0947. The Kier molecular flexibility index (Phi) is 4.55. The van der Waals surface area contributed by atoms with Crippen molar-refractivity contribution < 1.29 is 9.21 Å². The van der Waals surface area contributed by atoms with Gasteiger partial charge in [-0.2, -0.15) is 9.67 Å². The summed E-state index contributed by atoms with van der Waals surface area (Å²) >= 11 is 7.62. The average molecular weight is 385 g/mol. The quantitative estimate of drug-likeness (QED) is 0.546. The van der Waals surface area contributed by atoms with Crippen LogP contribution >= 0.6 is 22.9 Å². The van der Waals surface area contributed by atoms with Crippen LogP contribution in [0, 0.1) is 0 Å². The fraction of sp³-hybridized carbons (Fsp3) is 0.0556. The molecule has 0 bridgehead atoms. The number of hydrogen-bond donors (Lipinski definition) is 1. The first-order valence-electron chi connectivity index (χ1n) is 7.78. The number of carbonyl (C=O) groups excluding carboxylic acids is 1. The Morgan fingerprint density at radius 3 is 2.88 bits per heavy atom. The molecule has 8 heteroatoms. The molecule has 0 aliphatic heterocycles. The first kappa shape index (κ1) is 16.6. The third kappa shape index (κ3) is 3.40. The van der Waals surface area contributed by atoms with E-state index < -0.39 is 0 Å². The van der Waals surface area contributed by atoms with Gasteiger partial charge in [0, 0.05) is 15.5 Å². The maximum Gasteiger partial charge on any atom is 0.281 e. The van der Waals surface area contributed by atoms with Crippen molar-refractivity contribution in [2.45, 2.75) is 6.54 Å². The van der Waals surface area contributed by atoms with Gasteiger partial charge in [-0.05, 0) is 41.8 Å². The smallest absolute Gasteiger partial charge is 0.281 e. The molecular weight excluding hydrogens is 372 g/mol. The zero-order valence-electron chi connectivity index (χ0n) is 13.4. The zero-order chi connectivity index (χ0) is 17.9. The molecule has 6 nitrogen and oxygen atoms in total. The molecule has 3 heterocycles. The minimum absolute atomic E-state index is 0.327. The molecule has 0 aliphatic carbocycles. The van der Waals surface area contributed by atoms with Crippen LogP contribution in [-0.4, -0.2) is 20.7 Å². The largest absolute Gasteiger partial charge is 0.461 e. The average Bonchev–Trinajstić information content (AvgIpc) is 3.40. The van der Waals surface area contributed by atoms with Crippen LogP contribution in [0.4, 0.5) is 5.95 Å². The van der Waals surface area contributed by atoms with E-state index in [9.17, 15) is 4.79 Å². The van der Waals surface area contributed by atoms with Crippen molar-refractivity contribution in [3.63, 3.8) is 0 Å². The molecule has 0 unspecified atom stereocenters. The molecule has 26 heavy (non-hydrogen) atoms. The lowest BCUT2D eigenvalue weighted by Gasteiger charge is -2.06. The van der Waals surface area contributed by atoms with E-state index >= 15 is 0 Å². The highest BCUT2D eigenvalue weighted by molar-refractivity contribution is 7.09. The van der Waals surface area contributed by atoms with E-state index in [1.54, 1.807) is 47.7 Å². The molecule has 130 valence electrons. The molecule has 0 fully saturated rings. The third-order valence-electron chi connectivity index (χ3n) is 3.61. The summed E-state index contributed by atoms with van der Waals surface area (Å²) in [5.74, 6) is 0.835. The number of nitrogens with one attached hydrogen (secondary N) is 1. The van der Waals surface area contributed by atoms with Crippen LogP contribution in [0.5, 0.6) is 0 Å². The molecule has 0 amide bonds. The molecule has 0 atom stereocenters. The number of benzene rings is 1. The maximum absolute atomic E-state index is 12.9. The van der Waals surface area contributed by atoms with Crippen molar-refractivity contribution in [1.29, 1.82) is 0 Å². The van der Waals surface area contributed by atoms with Gasteiger partial charge in [-0.3, -0.25) is 4.79 Å². The monoisotopic (exact) mass is 384 g/mol. The van der Waals surface area contributed by atoms with Crippen molar-refractivity contribution >= 4 is 34.8 Å². The molecule has 4 rings (SSSR count). The number of furan rings is 1. The molecule has 1 N–H and O–H groups in total. The highest BCUT2D eigenvalue weighted by Gasteiger charge is 2.20. The first-order valence-corrected chi connectivity index (χ1v) is 9.04. The molecule has 4 aromatic rings. The fourth-order valence-corrected chi connectivity index (χ4v) is 3.24. The number of thiophene rings is 1. The molecular formula is C18H13ClN4O2S. The van der Waals surface area contributed by atoms with Crippen LogP contribution in [0.2, 0.25) is 5.02 Å². The van der Waals surface area contributed by atoms with Gasteiger partial charge in [0.2, 0.25) is 11.8 Å². The molecule has 1 aromatic carbocycles. The van der Waals surface area contributed by atoms with E-state index in [1.807, 2.05) is 17.5 Å². The van der Waals surface area contributed by atoms with E-state index in [-0.39, 0.29) is 5.91 Å². The Hall–Kier alpha value is -2.90. The summed E-state index contributed by atoms with van der Waals surface area (Å²) in [4.78, 5) is 18.4. The van der Waals surface area contributed by atoms with Gasteiger partial charge < -0.3 is 9.73 Å².